The van der Waals surface area contributed by atoms with Crippen molar-refractivity contribution in [1.29, 1.82) is 0 Å². The molecule has 0 saturated carbocycles. The molecule has 1 rings (SSSR count). The Balaban J connectivity index is 0. The van der Waals surface area contributed by atoms with Gasteiger partial charge >= 0.3 is 37.7 Å². The first-order valence-electron chi connectivity index (χ1n) is 4.32. The molecule has 0 spiro atoms. The Labute approximate surface area is 112 Å². The van der Waals surface area contributed by atoms with Crippen LogP contribution < -0.4 is 43.0 Å². The van der Waals surface area contributed by atoms with Gasteiger partial charge in [0.15, 0.2) is 0 Å². The smallest absolute Gasteiger partial charge is 0.397 e. The van der Waals surface area contributed by atoms with E-state index in [-0.39, 0.29) is 43.3 Å². The molecule has 1 aliphatic carbocycles. The second-order valence-corrected chi connectivity index (χ2v) is 4.18. The molecule has 3 heteroatoms. The van der Waals surface area contributed by atoms with Gasteiger partial charge in [-0.05, 0) is 32.7 Å². The monoisotopic (exact) mass is 177 g/mol. The van der Waals surface area contributed by atoms with E-state index in [2.05, 4.69) is 51.2 Å². The molecule has 0 aliphatic heterocycles. The van der Waals surface area contributed by atoms with E-state index in [1.165, 1.54) is 5.57 Å². The average Bonchev–Trinajstić information content (AvgIpc) is 2.32. The molecule has 0 atom stereocenters. The van der Waals surface area contributed by atoms with Gasteiger partial charge in [-0.3, -0.25) is 0 Å². The van der Waals surface area contributed by atoms with Gasteiger partial charge in [0, 0.05) is 0 Å². The van der Waals surface area contributed by atoms with Gasteiger partial charge < -0.3 is 18.3 Å². The Kier molecular flexibility index (Phi) is 8.33. The van der Waals surface area contributed by atoms with Gasteiger partial charge in [0.25, 0.3) is 0 Å². The zero-order valence-electron chi connectivity index (χ0n) is 10.1. The summed E-state index contributed by atoms with van der Waals surface area (Å²) in [6, 6.07) is 1.05. The van der Waals surface area contributed by atoms with E-state index >= 15 is 0 Å². The van der Waals surface area contributed by atoms with Crippen LogP contribution in [0.5, 0.6) is 0 Å². The normalized spacial score (nSPS) is 14.1. The zero-order valence-corrected chi connectivity index (χ0v) is 10.1. The number of nitrogens with one attached hydrogen (secondary N) is 1. The fraction of sp³-hybridized carbons (Fsp3) is 0.455. The average molecular weight is 177 g/mol. The van der Waals surface area contributed by atoms with Crippen LogP contribution in [0.25, 0.3) is 0 Å². The molecule has 0 aromatic rings. The maximum atomic E-state index is 4.00. The summed E-state index contributed by atoms with van der Waals surface area (Å²) in [5.41, 5.74) is 1.41. The molecular formula is C11H17Li2N. The van der Waals surface area contributed by atoms with Crippen LogP contribution in [0, 0.1) is 13.0 Å². The van der Waals surface area contributed by atoms with Crippen molar-refractivity contribution in [2.75, 3.05) is 0 Å². The van der Waals surface area contributed by atoms with Crippen molar-refractivity contribution in [3.05, 3.63) is 36.8 Å². The van der Waals surface area contributed by atoms with Gasteiger partial charge in [-0.25, -0.2) is 11.6 Å². The number of rotatable bonds is 2. The van der Waals surface area contributed by atoms with Crippen molar-refractivity contribution < 1.29 is 37.7 Å². The fourth-order valence-corrected chi connectivity index (χ4v) is 1.20. The van der Waals surface area contributed by atoms with E-state index in [9.17, 15) is 0 Å². The Hall–Kier alpha value is 0.505. The molecule has 1 N–H and O–H groups in total. The third-order valence-electron chi connectivity index (χ3n) is 1.68. The maximum absolute atomic E-state index is 4.00. The second-order valence-electron chi connectivity index (χ2n) is 4.18. The molecule has 0 aromatic carbocycles. The second kappa shape index (κ2) is 6.89. The van der Waals surface area contributed by atoms with E-state index in [1.54, 1.807) is 0 Å². The summed E-state index contributed by atoms with van der Waals surface area (Å²) in [7, 11) is 0. The van der Waals surface area contributed by atoms with Crippen molar-refractivity contribution >= 4 is 0 Å². The first kappa shape index (κ1) is 16.9. The molecule has 0 radical (unpaired) electrons. The molecule has 0 saturated heterocycles. The molecular weight excluding hydrogens is 160 g/mol. The fourth-order valence-electron chi connectivity index (χ4n) is 1.20. The minimum Gasteiger partial charge on any atom is -0.397 e. The van der Waals surface area contributed by atoms with E-state index < -0.39 is 0 Å². The Morgan fingerprint density at radius 3 is 2.29 bits per heavy atom. The topological polar surface area (TPSA) is 12.0 Å². The van der Waals surface area contributed by atoms with Crippen LogP contribution in [0.3, 0.4) is 0 Å². The number of hydrogen-bond donors (Lipinski definition) is 1. The zero-order chi connectivity index (χ0) is 9.19. The van der Waals surface area contributed by atoms with E-state index in [1.807, 2.05) is 0 Å². The molecule has 14 heavy (non-hydrogen) atoms. The van der Waals surface area contributed by atoms with E-state index in [0.717, 1.165) is 12.5 Å². The largest absolute Gasteiger partial charge is 1.00 e. The van der Waals surface area contributed by atoms with Crippen LogP contribution in [0.15, 0.2) is 23.8 Å². The third-order valence-corrected chi connectivity index (χ3v) is 1.68. The van der Waals surface area contributed by atoms with Crippen molar-refractivity contribution in [2.45, 2.75) is 32.7 Å². The number of hydrogen-bond acceptors (Lipinski definition) is 1. The van der Waals surface area contributed by atoms with Gasteiger partial charge in [-0.2, -0.15) is 0 Å². The summed E-state index contributed by atoms with van der Waals surface area (Å²) in [4.78, 5) is 0. The van der Waals surface area contributed by atoms with Crippen LogP contribution in [0.2, 0.25) is 0 Å². The minimum atomic E-state index is 0. The molecule has 0 aromatic heterocycles. The summed E-state index contributed by atoms with van der Waals surface area (Å²) in [6.07, 6.45) is 7.35. The van der Waals surface area contributed by atoms with Crippen molar-refractivity contribution in [1.82, 2.24) is 5.32 Å². The SMILES string of the molecule is [CH2-][C-](NC(C)(C)C)C1=CC=CC1.[Li+].[Li+]. The van der Waals surface area contributed by atoms with Crippen LogP contribution in [-0.4, -0.2) is 5.54 Å². The molecule has 1 nitrogen and oxygen atoms in total. The van der Waals surface area contributed by atoms with Crippen LogP contribution in [-0.2, 0) is 0 Å². The summed E-state index contributed by atoms with van der Waals surface area (Å²) in [5.74, 6) is 0. The Morgan fingerprint density at radius 2 is 1.93 bits per heavy atom. The molecule has 0 amide bonds. The van der Waals surface area contributed by atoms with Gasteiger partial charge in [-0.1, -0.05) is 0 Å². The Bertz CT molecular complexity index is 214. The predicted octanol–water partition coefficient (Wildman–Crippen LogP) is -3.37. The summed E-state index contributed by atoms with van der Waals surface area (Å²) in [5, 5.41) is 3.36. The first-order chi connectivity index (χ1) is 5.49. The molecule has 68 valence electrons. The predicted molar refractivity (Wildman–Crippen MR) is 53.3 cm³/mol. The third kappa shape index (κ3) is 6.08. The standard InChI is InChI=1S/C11H17N.2Li/c1-9(12-11(2,3)4)10-7-5-6-8-10;;/h5-7,12H,1,8H2,2-4H3;;/q-2;2*+1. The van der Waals surface area contributed by atoms with Crippen LogP contribution >= 0.6 is 0 Å². The molecule has 0 bridgehead atoms. The molecule has 0 heterocycles. The molecule has 0 fully saturated rings. The first-order valence-corrected chi connectivity index (χ1v) is 4.32. The number of allylic oxidation sites excluding steroid dienone is 3. The Morgan fingerprint density at radius 1 is 1.36 bits per heavy atom. The van der Waals surface area contributed by atoms with Crippen LogP contribution in [0.4, 0.5) is 0 Å². The van der Waals surface area contributed by atoms with Crippen LogP contribution in [0.1, 0.15) is 27.2 Å². The maximum Gasteiger partial charge on any atom is 1.00 e. The van der Waals surface area contributed by atoms with Crippen molar-refractivity contribution in [2.24, 2.45) is 0 Å². The molecule has 0 unspecified atom stereocenters. The van der Waals surface area contributed by atoms with Crippen molar-refractivity contribution in [3.8, 4) is 0 Å². The van der Waals surface area contributed by atoms with Crippen molar-refractivity contribution in [3.63, 3.8) is 0 Å². The summed E-state index contributed by atoms with van der Waals surface area (Å²) < 4.78 is 0. The van der Waals surface area contributed by atoms with Gasteiger partial charge in [0.1, 0.15) is 0 Å². The van der Waals surface area contributed by atoms with Gasteiger partial charge in [0.2, 0.25) is 0 Å². The van der Waals surface area contributed by atoms with E-state index in [0.29, 0.717) is 0 Å². The van der Waals surface area contributed by atoms with E-state index in [4.69, 9.17) is 0 Å². The summed E-state index contributed by atoms with van der Waals surface area (Å²) in [6.45, 7) is 10.4. The minimum absolute atomic E-state index is 0. The summed E-state index contributed by atoms with van der Waals surface area (Å²) >= 11 is 0. The van der Waals surface area contributed by atoms with Gasteiger partial charge in [0.05, 0.1) is 0 Å². The van der Waals surface area contributed by atoms with Gasteiger partial charge in [-0.15, -0.1) is 12.2 Å². The quantitative estimate of drug-likeness (QED) is 0.343. The molecule has 1 aliphatic rings.